The van der Waals surface area contributed by atoms with E-state index in [-0.39, 0.29) is 5.82 Å². The van der Waals surface area contributed by atoms with Gasteiger partial charge >= 0.3 is 0 Å². The lowest BCUT2D eigenvalue weighted by molar-refractivity contribution is 0.199. The van der Waals surface area contributed by atoms with Crippen LogP contribution in [0.2, 0.25) is 0 Å². The SMILES string of the molecule is C=C(C)COc1cc(F)cc(CNCCOC)c1. The molecule has 0 radical (unpaired) electrons. The Morgan fingerprint density at radius 2 is 2.17 bits per heavy atom. The van der Waals surface area contributed by atoms with E-state index in [0.717, 1.165) is 17.7 Å². The van der Waals surface area contributed by atoms with Crippen LogP contribution in [0.4, 0.5) is 4.39 Å². The minimum atomic E-state index is -0.294. The Labute approximate surface area is 108 Å². The topological polar surface area (TPSA) is 30.5 Å². The van der Waals surface area contributed by atoms with Crippen LogP contribution in [0.25, 0.3) is 0 Å². The van der Waals surface area contributed by atoms with E-state index in [4.69, 9.17) is 9.47 Å². The third-order valence-electron chi connectivity index (χ3n) is 2.23. The summed E-state index contributed by atoms with van der Waals surface area (Å²) >= 11 is 0. The second-order valence-corrected chi connectivity index (χ2v) is 4.21. The van der Waals surface area contributed by atoms with E-state index < -0.39 is 0 Å². The summed E-state index contributed by atoms with van der Waals surface area (Å²) < 4.78 is 23.7. The third kappa shape index (κ3) is 5.80. The van der Waals surface area contributed by atoms with E-state index in [0.29, 0.717) is 25.5 Å². The summed E-state index contributed by atoms with van der Waals surface area (Å²) in [6, 6.07) is 4.70. The summed E-state index contributed by atoms with van der Waals surface area (Å²) in [6.45, 7) is 7.96. The molecule has 0 amide bonds. The van der Waals surface area contributed by atoms with Crippen molar-refractivity contribution in [3.05, 3.63) is 41.7 Å². The fourth-order valence-corrected chi connectivity index (χ4v) is 1.42. The number of ether oxygens (including phenoxy) is 2. The predicted molar refractivity (Wildman–Crippen MR) is 70.3 cm³/mol. The molecular formula is C14H20FNO2. The van der Waals surface area contributed by atoms with Crippen LogP contribution in [-0.2, 0) is 11.3 Å². The van der Waals surface area contributed by atoms with E-state index in [1.165, 1.54) is 12.1 Å². The number of rotatable bonds is 8. The average molecular weight is 253 g/mol. The molecule has 3 nitrogen and oxygen atoms in total. The normalized spacial score (nSPS) is 10.4. The van der Waals surface area contributed by atoms with Gasteiger partial charge in [-0.2, -0.15) is 0 Å². The maximum Gasteiger partial charge on any atom is 0.127 e. The average Bonchev–Trinajstić information content (AvgIpc) is 2.32. The van der Waals surface area contributed by atoms with Crippen LogP contribution in [-0.4, -0.2) is 26.9 Å². The summed E-state index contributed by atoms with van der Waals surface area (Å²) in [5.41, 5.74) is 1.75. The van der Waals surface area contributed by atoms with Crippen LogP contribution in [0.1, 0.15) is 12.5 Å². The quantitative estimate of drug-likeness (QED) is 0.570. The second kappa shape index (κ2) is 7.84. The molecule has 0 aliphatic carbocycles. The minimum absolute atomic E-state index is 0.294. The van der Waals surface area contributed by atoms with Gasteiger partial charge in [0.15, 0.2) is 0 Å². The van der Waals surface area contributed by atoms with Crippen LogP contribution >= 0.6 is 0 Å². The molecule has 0 heterocycles. The predicted octanol–water partition coefficient (Wildman–Crippen LogP) is 2.52. The highest BCUT2D eigenvalue weighted by Gasteiger charge is 2.02. The molecule has 4 heteroatoms. The van der Waals surface area contributed by atoms with Crippen molar-refractivity contribution in [1.29, 1.82) is 0 Å². The first-order valence-electron chi connectivity index (χ1n) is 5.88. The van der Waals surface area contributed by atoms with Gasteiger partial charge in [0.25, 0.3) is 0 Å². The van der Waals surface area contributed by atoms with Crippen LogP contribution in [0.5, 0.6) is 5.75 Å². The third-order valence-corrected chi connectivity index (χ3v) is 2.23. The largest absolute Gasteiger partial charge is 0.489 e. The minimum Gasteiger partial charge on any atom is -0.489 e. The zero-order chi connectivity index (χ0) is 13.4. The number of nitrogens with one attached hydrogen (secondary N) is 1. The number of hydrogen-bond acceptors (Lipinski definition) is 3. The molecule has 0 unspecified atom stereocenters. The van der Waals surface area contributed by atoms with Crippen molar-refractivity contribution in [2.24, 2.45) is 0 Å². The number of benzene rings is 1. The molecule has 0 atom stereocenters. The standard InChI is InChI=1S/C14H20FNO2/c1-11(2)10-18-14-7-12(6-13(15)8-14)9-16-4-5-17-3/h6-8,16H,1,4-5,9-10H2,2-3H3. The highest BCUT2D eigenvalue weighted by Crippen LogP contribution is 2.17. The monoisotopic (exact) mass is 253 g/mol. The molecule has 1 aromatic rings. The molecule has 0 aliphatic heterocycles. The number of hydrogen-bond donors (Lipinski definition) is 1. The Morgan fingerprint density at radius 3 is 2.83 bits per heavy atom. The number of methoxy groups -OCH3 is 1. The fraction of sp³-hybridized carbons (Fsp3) is 0.429. The molecule has 0 spiro atoms. The second-order valence-electron chi connectivity index (χ2n) is 4.21. The van der Waals surface area contributed by atoms with Crippen molar-refractivity contribution in [1.82, 2.24) is 5.32 Å². The van der Waals surface area contributed by atoms with Gasteiger partial charge in [-0.15, -0.1) is 0 Å². The summed E-state index contributed by atoms with van der Waals surface area (Å²) in [7, 11) is 1.65. The van der Waals surface area contributed by atoms with E-state index >= 15 is 0 Å². The lowest BCUT2D eigenvalue weighted by Gasteiger charge is -2.09. The van der Waals surface area contributed by atoms with Crippen molar-refractivity contribution in [2.45, 2.75) is 13.5 Å². The van der Waals surface area contributed by atoms with Crippen molar-refractivity contribution in [2.75, 3.05) is 26.9 Å². The zero-order valence-electron chi connectivity index (χ0n) is 11.0. The molecule has 0 saturated heterocycles. The van der Waals surface area contributed by atoms with Gasteiger partial charge < -0.3 is 14.8 Å². The Morgan fingerprint density at radius 1 is 1.39 bits per heavy atom. The van der Waals surface area contributed by atoms with E-state index in [9.17, 15) is 4.39 Å². The summed E-state index contributed by atoms with van der Waals surface area (Å²) in [4.78, 5) is 0. The highest BCUT2D eigenvalue weighted by molar-refractivity contribution is 5.29. The summed E-state index contributed by atoms with van der Waals surface area (Å²) in [5, 5.41) is 3.16. The lowest BCUT2D eigenvalue weighted by atomic mass is 10.2. The van der Waals surface area contributed by atoms with Gasteiger partial charge in [0, 0.05) is 26.3 Å². The molecule has 0 saturated carbocycles. The van der Waals surface area contributed by atoms with Crippen molar-refractivity contribution >= 4 is 0 Å². The Bertz CT molecular complexity index is 393. The molecule has 100 valence electrons. The van der Waals surface area contributed by atoms with Crippen LogP contribution < -0.4 is 10.1 Å². The van der Waals surface area contributed by atoms with Gasteiger partial charge in [-0.25, -0.2) is 4.39 Å². The zero-order valence-corrected chi connectivity index (χ0v) is 11.0. The Kier molecular flexibility index (Phi) is 6.39. The smallest absolute Gasteiger partial charge is 0.127 e. The van der Waals surface area contributed by atoms with Crippen LogP contribution in [0.3, 0.4) is 0 Å². The first-order valence-corrected chi connectivity index (χ1v) is 5.88. The molecule has 1 aromatic carbocycles. The fourth-order valence-electron chi connectivity index (χ4n) is 1.42. The van der Waals surface area contributed by atoms with Crippen molar-refractivity contribution in [3.63, 3.8) is 0 Å². The van der Waals surface area contributed by atoms with Crippen LogP contribution in [0.15, 0.2) is 30.4 Å². The Balaban J connectivity index is 2.54. The first-order chi connectivity index (χ1) is 8.61. The molecule has 0 aliphatic rings. The molecule has 1 rings (SSSR count). The van der Waals surface area contributed by atoms with Gasteiger partial charge in [0.2, 0.25) is 0 Å². The van der Waals surface area contributed by atoms with E-state index in [2.05, 4.69) is 11.9 Å². The molecule has 18 heavy (non-hydrogen) atoms. The summed E-state index contributed by atoms with van der Waals surface area (Å²) in [6.07, 6.45) is 0. The first kappa shape index (κ1) is 14.7. The van der Waals surface area contributed by atoms with Gasteiger partial charge in [-0.1, -0.05) is 6.58 Å². The van der Waals surface area contributed by atoms with E-state index in [1.54, 1.807) is 7.11 Å². The van der Waals surface area contributed by atoms with Gasteiger partial charge in [-0.05, 0) is 30.2 Å². The van der Waals surface area contributed by atoms with Gasteiger partial charge in [-0.3, -0.25) is 0 Å². The lowest BCUT2D eigenvalue weighted by Crippen LogP contribution is -2.18. The maximum atomic E-state index is 13.4. The van der Waals surface area contributed by atoms with Gasteiger partial charge in [0.05, 0.1) is 6.61 Å². The summed E-state index contributed by atoms with van der Waals surface area (Å²) in [5.74, 6) is 0.235. The van der Waals surface area contributed by atoms with Crippen molar-refractivity contribution < 1.29 is 13.9 Å². The Hall–Kier alpha value is -1.39. The molecule has 0 fully saturated rings. The molecule has 0 aromatic heterocycles. The van der Waals surface area contributed by atoms with Crippen LogP contribution in [0, 0.1) is 5.82 Å². The van der Waals surface area contributed by atoms with Gasteiger partial charge in [0.1, 0.15) is 18.2 Å². The number of halogens is 1. The maximum absolute atomic E-state index is 13.4. The molecule has 1 N–H and O–H groups in total. The van der Waals surface area contributed by atoms with E-state index in [1.807, 2.05) is 13.0 Å². The van der Waals surface area contributed by atoms with Crippen molar-refractivity contribution in [3.8, 4) is 5.75 Å². The highest BCUT2D eigenvalue weighted by atomic mass is 19.1. The molecule has 0 bridgehead atoms. The molecular weight excluding hydrogens is 233 g/mol.